The number of nitrogens with one attached hydrogen (secondary N) is 1. The van der Waals surface area contributed by atoms with Crippen molar-refractivity contribution in [2.75, 3.05) is 58.4 Å². The van der Waals surface area contributed by atoms with E-state index >= 15 is 0 Å². The van der Waals surface area contributed by atoms with Gasteiger partial charge in [0, 0.05) is 38.1 Å². The molecule has 1 N–H and O–H groups in total. The Kier molecular flexibility index (Phi) is 7.11. The zero-order valence-electron chi connectivity index (χ0n) is 19.8. The van der Waals surface area contributed by atoms with Crippen molar-refractivity contribution in [2.24, 2.45) is 4.99 Å². The van der Waals surface area contributed by atoms with Gasteiger partial charge in [-0.3, -0.25) is 9.47 Å². The van der Waals surface area contributed by atoms with E-state index in [1.807, 2.05) is 23.6 Å². The zero-order chi connectivity index (χ0) is 24.2. The molecule has 1 aromatic carbocycles. The van der Waals surface area contributed by atoms with E-state index in [1.54, 1.807) is 12.5 Å². The van der Waals surface area contributed by atoms with E-state index in [9.17, 15) is 4.79 Å². The number of ether oxygens (including phenoxy) is 4. The van der Waals surface area contributed by atoms with Gasteiger partial charge in [-0.1, -0.05) is 0 Å². The molecule has 0 atom stereocenters. The van der Waals surface area contributed by atoms with Gasteiger partial charge in [-0.15, -0.1) is 16.3 Å². The van der Waals surface area contributed by atoms with Crippen molar-refractivity contribution in [3.8, 4) is 17.4 Å². The normalized spacial score (nSPS) is 16.2. The minimum absolute atomic E-state index is 0.229. The first-order valence-electron chi connectivity index (χ1n) is 11.6. The average molecular weight is 501 g/mol. The number of benzene rings is 1. The van der Waals surface area contributed by atoms with Crippen LogP contribution in [0.1, 0.15) is 11.4 Å². The molecule has 2 aromatic heterocycles. The third kappa shape index (κ3) is 5.24. The molecule has 0 radical (unpaired) electrons. The Morgan fingerprint density at radius 2 is 2.11 bits per heavy atom. The molecule has 35 heavy (non-hydrogen) atoms. The maximum Gasteiger partial charge on any atom is 0.443 e. The van der Waals surface area contributed by atoms with Crippen molar-refractivity contribution >= 4 is 34.2 Å². The van der Waals surface area contributed by atoms with Crippen molar-refractivity contribution in [1.82, 2.24) is 19.4 Å². The lowest BCUT2D eigenvalue weighted by Crippen LogP contribution is -2.37. The summed E-state index contributed by atoms with van der Waals surface area (Å²) in [5.74, 6) is 2.16. The number of aromatic nitrogens is 3. The molecule has 0 spiro atoms. The highest BCUT2D eigenvalue weighted by Crippen LogP contribution is 2.37. The smallest absolute Gasteiger partial charge is 0.443 e. The summed E-state index contributed by atoms with van der Waals surface area (Å²) in [6.45, 7) is 8.15. The van der Waals surface area contributed by atoms with Crippen LogP contribution in [-0.2, 0) is 11.3 Å². The predicted molar refractivity (Wildman–Crippen MR) is 131 cm³/mol. The standard InChI is InChI=1S/C23H28N6O5S/c1-15-25-18(14-35-15)34-23(30)27-22-26-19-16(21-24-6-8-29(21)22)4-5-17(20(19)31-2)33-11-3-7-28-9-12-32-13-10-28/h4-5,14,24H,3,6-13H2,1-2H3. The Morgan fingerprint density at radius 3 is 2.89 bits per heavy atom. The number of hydrogen-bond acceptors (Lipinski definition) is 10. The van der Waals surface area contributed by atoms with Crippen LogP contribution < -0.4 is 25.1 Å². The number of amides is 1. The molecule has 2 aliphatic heterocycles. The Balaban J connectivity index is 1.40. The summed E-state index contributed by atoms with van der Waals surface area (Å²) in [5.41, 5.74) is 0.798. The summed E-state index contributed by atoms with van der Waals surface area (Å²) < 4.78 is 24.3. The molecule has 1 amide bonds. The molecule has 186 valence electrons. The van der Waals surface area contributed by atoms with Gasteiger partial charge in [0.05, 0.1) is 37.3 Å². The number of fused-ring (bicyclic) bond motifs is 3. The number of carbonyl (C=O) groups is 1. The molecule has 3 aromatic rings. The van der Waals surface area contributed by atoms with E-state index in [4.69, 9.17) is 18.9 Å². The monoisotopic (exact) mass is 500 g/mol. The highest BCUT2D eigenvalue weighted by Gasteiger charge is 2.21. The maximum atomic E-state index is 12.5. The summed E-state index contributed by atoms with van der Waals surface area (Å²) in [7, 11) is 1.58. The van der Waals surface area contributed by atoms with Crippen LogP contribution in [0.4, 0.5) is 10.6 Å². The molecule has 0 bridgehead atoms. The Labute approximate surface area is 206 Å². The fourth-order valence-corrected chi connectivity index (χ4v) is 4.74. The number of hydrogen-bond donors (Lipinski definition) is 1. The lowest BCUT2D eigenvalue weighted by Gasteiger charge is -2.26. The van der Waals surface area contributed by atoms with E-state index in [0.717, 1.165) is 55.5 Å². The predicted octanol–water partition coefficient (Wildman–Crippen LogP) is 2.44. The van der Waals surface area contributed by atoms with Gasteiger partial charge in [0.1, 0.15) is 11.3 Å². The first-order valence-corrected chi connectivity index (χ1v) is 12.5. The number of rotatable bonds is 7. The van der Waals surface area contributed by atoms with Gasteiger partial charge >= 0.3 is 6.09 Å². The van der Waals surface area contributed by atoms with Crippen LogP contribution in [0.3, 0.4) is 0 Å². The number of carbonyl (C=O) groups excluding carboxylic acids is 1. The minimum Gasteiger partial charge on any atom is -0.491 e. The average Bonchev–Trinajstić information content (AvgIpc) is 3.51. The number of anilines is 1. The Morgan fingerprint density at radius 1 is 1.26 bits per heavy atom. The summed E-state index contributed by atoms with van der Waals surface area (Å²) in [5, 5.41) is 6.69. The number of thiazole rings is 1. The number of morpholine rings is 1. The quantitative estimate of drug-likeness (QED) is 0.489. The second-order valence-corrected chi connectivity index (χ2v) is 9.23. The largest absolute Gasteiger partial charge is 0.491 e. The van der Waals surface area contributed by atoms with E-state index in [0.29, 0.717) is 36.7 Å². The second-order valence-electron chi connectivity index (χ2n) is 8.17. The van der Waals surface area contributed by atoms with Gasteiger partial charge < -0.3 is 24.3 Å². The molecule has 0 aliphatic carbocycles. The zero-order valence-corrected chi connectivity index (χ0v) is 20.6. The Bertz CT molecular complexity index is 1280. The minimum atomic E-state index is -0.779. The van der Waals surface area contributed by atoms with Gasteiger partial charge in [-0.25, -0.2) is 14.8 Å². The molecule has 1 saturated heterocycles. The van der Waals surface area contributed by atoms with Gasteiger partial charge in [-0.05, 0) is 25.5 Å². The van der Waals surface area contributed by atoms with Crippen molar-refractivity contribution in [3.05, 3.63) is 28.1 Å². The van der Waals surface area contributed by atoms with Crippen LogP contribution in [-0.4, -0.2) is 78.6 Å². The lowest BCUT2D eigenvalue weighted by molar-refractivity contribution is 0.0357. The summed E-state index contributed by atoms with van der Waals surface area (Å²) in [6.07, 6.45) is 0.108. The third-order valence-electron chi connectivity index (χ3n) is 5.87. The van der Waals surface area contributed by atoms with Crippen LogP contribution in [0, 0.1) is 6.92 Å². The van der Waals surface area contributed by atoms with Crippen molar-refractivity contribution < 1.29 is 23.7 Å². The molecular weight excluding hydrogens is 472 g/mol. The van der Waals surface area contributed by atoms with Crippen LogP contribution in [0.2, 0.25) is 0 Å². The first kappa shape index (κ1) is 23.5. The summed E-state index contributed by atoms with van der Waals surface area (Å²) in [4.78, 5) is 27.8. The van der Waals surface area contributed by atoms with Gasteiger partial charge in [0.15, 0.2) is 11.5 Å². The van der Waals surface area contributed by atoms with Crippen LogP contribution >= 0.6 is 11.3 Å². The van der Waals surface area contributed by atoms with E-state index < -0.39 is 6.09 Å². The van der Waals surface area contributed by atoms with Crippen molar-refractivity contribution in [1.29, 1.82) is 0 Å². The molecule has 11 nitrogen and oxygen atoms in total. The Hall–Kier alpha value is -3.22. The fraction of sp³-hybridized carbons (Fsp3) is 0.478. The molecule has 5 rings (SSSR count). The summed E-state index contributed by atoms with van der Waals surface area (Å²) in [6, 6.07) is 3.85. The van der Waals surface area contributed by atoms with Gasteiger partial charge in [0.25, 0.3) is 0 Å². The number of nitrogens with zero attached hydrogens (tertiary/aromatic N) is 5. The van der Waals surface area contributed by atoms with Crippen molar-refractivity contribution in [2.45, 2.75) is 19.9 Å². The molecule has 4 heterocycles. The van der Waals surface area contributed by atoms with Gasteiger partial charge in [-0.2, -0.15) is 0 Å². The molecular formula is C23H28N6O5S. The molecule has 12 heteroatoms. The van der Waals surface area contributed by atoms with Crippen LogP contribution in [0.5, 0.6) is 17.4 Å². The van der Waals surface area contributed by atoms with E-state index in [-0.39, 0.29) is 11.5 Å². The highest BCUT2D eigenvalue weighted by atomic mass is 32.1. The molecule has 2 aliphatic rings. The molecule has 1 fully saturated rings. The number of methoxy groups -OCH3 is 1. The number of aryl methyl sites for hydroxylation is 1. The SMILES string of the molecule is COc1c(OCCCN2CCOCC2)ccc2c3n(c(=NC(=O)Oc4csc(C)n4)nc12)CCN3. The second kappa shape index (κ2) is 10.6. The third-order valence-corrected chi connectivity index (χ3v) is 6.62. The van der Waals surface area contributed by atoms with Crippen molar-refractivity contribution in [3.63, 3.8) is 0 Å². The lowest BCUT2D eigenvalue weighted by atomic mass is 10.2. The van der Waals surface area contributed by atoms with E-state index in [2.05, 4.69) is 25.2 Å². The van der Waals surface area contributed by atoms with Gasteiger partial charge in [0.2, 0.25) is 11.5 Å². The topological polar surface area (TPSA) is 112 Å². The van der Waals surface area contributed by atoms with Crippen LogP contribution in [0.25, 0.3) is 10.9 Å². The summed E-state index contributed by atoms with van der Waals surface area (Å²) >= 11 is 1.40. The van der Waals surface area contributed by atoms with Crippen LogP contribution in [0.15, 0.2) is 22.5 Å². The fourth-order valence-electron chi connectivity index (χ4n) is 4.22. The molecule has 0 unspecified atom stereocenters. The molecule has 0 saturated carbocycles. The first-order chi connectivity index (χ1) is 17.1. The highest BCUT2D eigenvalue weighted by molar-refractivity contribution is 7.09. The maximum absolute atomic E-state index is 12.5. The van der Waals surface area contributed by atoms with E-state index in [1.165, 1.54) is 11.3 Å².